The third-order valence-corrected chi connectivity index (χ3v) is 5.88. The molecule has 1 amide bonds. The SMILES string of the molecule is Cc1ccc(-c2ocnc2C(=O)N2CCC(c3nnc4n3CCNC4)CC2)cc1.Cl.Cl. The lowest BCUT2D eigenvalue weighted by Crippen LogP contribution is -2.39. The van der Waals surface area contributed by atoms with Crippen LogP contribution in [-0.4, -0.2) is 50.2 Å². The topological polar surface area (TPSA) is 89.1 Å². The maximum Gasteiger partial charge on any atom is 0.276 e. The molecule has 5 rings (SSSR count). The minimum absolute atomic E-state index is 0. The third-order valence-electron chi connectivity index (χ3n) is 5.88. The first-order chi connectivity index (χ1) is 14.2. The second kappa shape index (κ2) is 9.80. The molecule has 0 radical (unpaired) electrons. The number of nitrogens with zero attached hydrogens (tertiary/aromatic N) is 5. The molecule has 1 saturated heterocycles. The fourth-order valence-corrected chi connectivity index (χ4v) is 4.22. The van der Waals surface area contributed by atoms with E-state index in [2.05, 4.69) is 25.1 Å². The van der Waals surface area contributed by atoms with Crippen molar-refractivity contribution in [3.05, 3.63) is 53.6 Å². The number of fused-ring (bicyclic) bond motifs is 1. The van der Waals surface area contributed by atoms with Gasteiger partial charge in [-0.25, -0.2) is 4.98 Å². The highest BCUT2D eigenvalue weighted by Gasteiger charge is 2.31. The molecule has 1 N–H and O–H groups in total. The van der Waals surface area contributed by atoms with Gasteiger partial charge in [0.1, 0.15) is 11.6 Å². The highest BCUT2D eigenvalue weighted by atomic mass is 35.5. The van der Waals surface area contributed by atoms with Crippen molar-refractivity contribution >= 4 is 30.7 Å². The summed E-state index contributed by atoms with van der Waals surface area (Å²) in [4.78, 5) is 19.2. The van der Waals surface area contributed by atoms with E-state index >= 15 is 0 Å². The van der Waals surface area contributed by atoms with Crippen molar-refractivity contribution in [2.45, 2.75) is 38.8 Å². The lowest BCUT2D eigenvalue weighted by atomic mass is 9.95. The van der Waals surface area contributed by atoms with Gasteiger partial charge in [-0.05, 0) is 19.8 Å². The number of carbonyl (C=O) groups excluding carboxylic acids is 1. The van der Waals surface area contributed by atoms with Crippen LogP contribution < -0.4 is 5.32 Å². The highest BCUT2D eigenvalue weighted by Crippen LogP contribution is 2.30. The molecule has 3 aromatic rings. The number of aromatic nitrogens is 4. The number of carbonyl (C=O) groups is 1. The van der Waals surface area contributed by atoms with Crippen LogP contribution in [0.3, 0.4) is 0 Å². The Hall–Kier alpha value is -2.42. The number of hydrogen-bond donors (Lipinski definition) is 1. The first-order valence-electron chi connectivity index (χ1n) is 10.1. The number of likely N-dealkylation sites (tertiary alicyclic amines) is 1. The normalized spacial score (nSPS) is 16.2. The molecule has 2 aliphatic rings. The molecular weight excluding hydrogens is 439 g/mol. The minimum Gasteiger partial charge on any atom is -0.443 e. The van der Waals surface area contributed by atoms with Crippen LogP contribution >= 0.6 is 24.8 Å². The lowest BCUT2D eigenvalue weighted by Gasteiger charge is -2.31. The Labute approximate surface area is 193 Å². The quantitative estimate of drug-likeness (QED) is 0.639. The number of aryl methyl sites for hydroxylation is 1. The molecule has 4 heterocycles. The average molecular weight is 465 g/mol. The van der Waals surface area contributed by atoms with Gasteiger partial charge in [-0.1, -0.05) is 29.8 Å². The molecule has 0 atom stereocenters. The van der Waals surface area contributed by atoms with Gasteiger partial charge in [-0.3, -0.25) is 4.79 Å². The van der Waals surface area contributed by atoms with E-state index in [9.17, 15) is 4.79 Å². The van der Waals surface area contributed by atoms with Gasteiger partial charge in [0.25, 0.3) is 5.91 Å². The summed E-state index contributed by atoms with van der Waals surface area (Å²) < 4.78 is 7.80. The summed E-state index contributed by atoms with van der Waals surface area (Å²) >= 11 is 0. The largest absolute Gasteiger partial charge is 0.443 e. The van der Waals surface area contributed by atoms with E-state index in [4.69, 9.17) is 4.42 Å². The molecule has 0 unspecified atom stereocenters. The van der Waals surface area contributed by atoms with Crippen LogP contribution in [0.4, 0.5) is 0 Å². The monoisotopic (exact) mass is 464 g/mol. The van der Waals surface area contributed by atoms with Crippen molar-refractivity contribution in [2.75, 3.05) is 19.6 Å². The smallest absolute Gasteiger partial charge is 0.276 e. The lowest BCUT2D eigenvalue weighted by molar-refractivity contribution is 0.0705. The van der Waals surface area contributed by atoms with Crippen molar-refractivity contribution in [2.24, 2.45) is 0 Å². The standard InChI is InChI=1S/C21H24N6O2.2ClH/c1-14-2-4-15(5-3-14)19-18(23-13-29-19)21(28)26-9-6-16(7-10-26)20-25-24-17-12-22-8-11-27(17)20;;/h2-5,13,16,22H,6-12H2,1H3;2*1H. The predicted octanol–water partition coefficient (Wildman–Crippen LogP) is 3.21. The Morgan fingerprint density at radius 3 is 2.58 bits per heavy atom. The van der Waals surface area contributed by atoms with Crippen LogP contribution in [0.5, 0.6) is 0 Å². The fraction of sp³-hybridized carbons (Fsp3) is 0.429. The van der Waals surface area contributed by atoms with E-state index in [1.807, 2.05) is 36.1 Å². The Morgan fingerprint density at radius 1 is 1.10 bits per heavy atom. The van der Waals surface area contributed by atoms with E-state index < -0.39 is 0 Å². The summed E-state index contributed by atoms with van der Waals surface area (Å²) in [5.74, 6) is 2.88. The van der Waals surface area contributed by atoms with E-state index in [0.717, 1.165) is 55.3 Å². The molecule has 0 aliphatic carbocycles. The second-order valence-electron chi connectivity index (χ2n) is 7.77. The molecule has 0 spiro atoms. The number of benzene rings is 1. The third kappa shape index (κ3) is 4.46. The molecule has 2 aromatic heterocycles. The maximum atomic E-state index is 13.1. The zero-order valence-corrected chi connectivity index (χ0v) is 18.9. The molecule has 1 fully saturated rings. The molecule has 0 saturated carbocycles. The Morgan fingerprint density at radius 2 is 1.84 bits per heavy atom. The molecular formula is C21H26Cl2N6O2. The first kappa shape index (κ1) is 23.2. The molecule has 0 bridgehead atoms. The van der Waals surface area contributed by atoms with E-state index in [1.165, 1.54) is 6.39 Å². The number of rotatable bonds is 3. The van der Waals surface area contributed by atoms with E-state index in [1.54, 1.807) is 0 Å². The number of amides is 1. The van der Waals surface area contributed by atoms with Crippen LogP contribution in [0.2, 0.25) is 0 Å². The van der Waals surface area contributed by atoms with Gasteiger partial charge in [0.05, 0.1) is 6.54 Å². The maximum absolute atomic E-state index is 13.1. The van der Waals surface area contributed by atoms with Crippen molar-refractivity contribution in [3.8, 4) is 11.3 Å². The molecule has 2 aliphatic heterocycles. The van der Waals surface area contributed by atoms with Gasteiger partial charge < -0.3 is 19.2 Å². The van der Waals surface area contributed by atoms with E-state index in [0.29, 0.717) is 30.5 Å². The summed E-state index contributed by atoms with van der Waals surface area (Å²) in [5, 5.41) is 12.1. The Kier molecular flexibility index (Phi) is 7.35. The molecule has 31 heavy (non-hydrogen) atoms. The predicted molar refractivity (Wildman–Crippen MR) is 121 cm³/mol. The summed E-state index contributed by atoms with van der Waals surface area (Å²) in [6.07, 6.45) is 3.12. The van der Waals surface area contributed by atoms with Crippen LogP contribution in [0, 0.1) is 6.92 Å². The Bertz CT molecular complexity index is 1020. The van der Waals surface area contributed by atoms with Gasteiger partial charge in [-0.2, -0.15) is 0 Å². The summed E-state index contributed by atoms with van der Waals surface area (Å²) in [7, 11) is 0. The van der Waals surface area contributed by atoms with Crippen LogP contribution in [0.25, 0.3) is 11.3 Å². The van der Waals surface area contributed by atoms with Crippen LogP contribution in [0.1, 0.15) is 46.5 Å². The van der Waals surface area contributed by atoms with E-state index in [-0.39, 0.29) is 30.7 Å². The molecule has 166 valence electrons. The number of hydrogen-bond acceptors (Lipinski definition) is 6. The summed E-state index contributed by atoms with van der Waals surface area (Å²) in [6, 6.07) is 7.93. The van der Waals surface area contributed by atoms with Crippen molar-refractivity contribution < 1.29 is 9.21 Å². The first-order valence-corrected chi connectivity index (χ1v) is 10.1. The van der Waals surface area contributed by atoms with Crippen molar-refractivity contribution in [1.29, 1.82) is 0 Å². The Balaban J connectivity index is 0.00000136. The van der Waals surface area contributed by atoms with Crippen molar-refractivity contribution in [1.82, 2.24) is 30.0 Å². The minimum atomic E-state index is -0.0692. The van der Waals surface area contributed by atoms with Crippen LogP contribution in [-0.2, 0) is 13.1 Å². The zero-order chi connectivity index (χ0) is 19.8. The summed E-state index contributed by atoms with van der Waals surface area (Å²) in [5.41, 5.74) is 2.42. The fourth-order valence-electron chi connectivity index (χ4n) is 4.22. The van der Waals surface area contributed by atoms with Gasteiger partial charge in [0, 0.05) is 37.7 Å². The average Bonchev–Trinajstić information content (AvgIpc) is 3.41. The molecule has 1 aromatic carbocycles. The molecule has 8 nitrogen and oxygen atoms in total. The number of nitrogens with one attached hydrogen (secondary N) is 1. The van der Waals surface area contributed by atoms with Gasteiger partial charge in [0.15, 0.2) is 17.8 Å². The highest BCUT2D eigenvalue weighted by molar-refractivity contribution is 5.97. The van der Waals surface area contributed by atoms with Crippen molar-refractivity contribution in [3.63, 3.8) is 0 Å². The zero-order valence-electron chi connectivity index (χ0n) is 17.3. The van der Waals surface area contributed by atoms with Gasteiger partial charge >= 0.3 is 0 Å². The number of halogens is 2. The number of piperidine rings is 1. The molecule has 10 heteroatoms. The second-order valence-corrected chi connectivity index (χ2v) is 7.77. The summed E-state index contributed by atoms with van der Waals surface area (Å²) in [6.45, 7) is 6.04. The van der Waals surface area contributed by atoms with Gasteiger partial charge in [0.2, 0.25) is 0 Å². The van der Waals surface area contributed by atoms with Gasteiger partial charge in [-0.15, -0.1) is 35.0 Å². The number of oxazole rings is 1. The van der Waals surface area contributed by atoms with Crippen LogP contribution in [0.15, 0.2) is 35.1 Å².